The molecule has 0 aliphatic rings. The second-order valence-electron chi connectivity index (χ2n) is 4.63. The Balaban J connectivity index is 2.40. The highest BCUT2D eigenvalue weighted by molar-refractivity contribution is 7.92. The number of hydrogen-bond acceptors (Lipinski definition) is 3. The number of sulfonamides is 1. The highest BCUT2D eigenvalue weighted by Crippen LogP contribution is 2.26. The Morgan fingerprint density at radius 1 is 0.950 bits per heavy atom. The largest absolute Gasteiger partial charge is 0.495 e. The molecular formula is C15H17NO3S. The third-order valence-corrected chi connectivity index (χ3v) is 4.31. The van der Waals surface area contributed by atoms with Gasteiger partial charge in [0.15, 0.2) is 0 Å². The van der Waals surface area contributed by atoms with Gasteiger partial charge in [-0.3, -0.25) is 4.72 Å². The van der Waals surface area contributed by atoms with Crippen LogP contribution in [0.5, 0.6) is 5.75 Å². The molecule has 0 radical (unpaired) electrons. The van der Waals surface area contributed by atoms with Gasteiger partial charge < -0.3 is 4.74 Å². The summed E-state index contributed by atoms with van der Waals surface area (Å²) in [6, 6.07) is 12.2. The standard InChI is InChI=1S/C15H17NO3S/c1-11-4-7-13(8-5-11)16-20(17,18)15-10-12(2)6-9-14(15)19-3/h4-10,16H,1-3H3. The van der Waals surface area contributed by atoms with E-state index in [-0.39, 0.29) is 4.90 Å². The molecule has 0 aliphatic heterocycles. The summed E-state index contributed by atoms with van der Waals surface area (Å²) in [7, 11) is -2.21. The Morgan fingerprint density at radius 2 is 1.55 bits per heavy atom. The van der Waals surface area contributed by atoms with Crippen LogP contribution in [0.3, 0.4) is 0 Å². The maximum absolute atomic E-state index is 12.4. The highest BCUT2D eigenvalue weighted by Gasteiger charge is 2.19. The Hall–Kier alpha value is -2.01. The molecule has 20 heavy (non-hydrogen) atoms. The molecule has 2 aromatic rings. The third kappa shape index (κ3) is 3.11. The van der Waals surface area contributed by atoms with Gasteiger partial charge in [-0.25, -0.2) is 8.42 Å². The first kappa shape index (κ1) is 14.4. The van der Waals surface area contributed by atoms with Gasteiger partial charge in [-0.05, 0) is 43.7 Å². The van der Waals surface area contributed by atoms with Crippen LogP contribution in [0.2, 0.25) is 0 Å². The average Bonchev–Trinajstić information content (AvgIpc) is 2.41. The van der Waals surface area contributed by atoms with E-state index in [1.54, 1.807) is 24.3 Å². The third-order valence-electron chi connectivity index (χ3n) is 2.91. The van der Waals surface area contributed by atoms with E-state index < -0.39 is 10.0 Å². The quantitative estimate of drug-likeness (QED) is 0.941. The van der Waals surface area contributed by atoms with Gasteiger partial charge in [0, 0.05) is 5.69 Å². The number of rotatable bonds is 4. The van der Waals surface area contributed by atoms with Gasteiger partial charge in [-0.1, -0.05) is 23.8 Å². The Kier molecular flexibility index (Phi) is 3.99. The minimum absolute atomic E-state index is 0.139. The Labute approximate surface area is 119 Å². The molecule has 0 atom stereocenters. The molecule has 4 nitrogen and oxygen atoms in total. The maximum atomic E-state index is 12.4. The lowest BCUT2D eigenvalue weighted by Crippen LogP contribution is -2.14. The normalized spacial score (nSPS) is 11.2. The molecule has 0 unspecified atom stereocenters. The minimum Gasteiger partial charge on any atom is -0.495 e. The van der Waals surface area contributed by atoms with Crippen molar-refractivity contribution in [3.05, 3.63) is 53.6 Å². The molecule has 2 rings (SSSR count). The Bertz CT molecular complexity index is 706. The van der Waals surface area contributed by atoms with E-state index in [0.29, 0.717) is 11.4 Å². The van der Waals surface area contributed by atoms with Gasteiger partial charge in [0.25, 0.3) is 10.0 Å². The van der Waals surface area contributed by atoms with E-state index >= 15 is 0 Å². The van der Waals surface area contributed by atoms with Crippen LogP contribution in [0, 0.1) is 13.8 Å². The molecule has 5 heteroatoms. The zero-order valence-electron chi connectivity index (χ0n) is 11.7. The summed E-state index contributed by atoms with van der Waals surface area (Å²) >= 11 is 0. The summed E-state index contributed by atoms with van der Waals surface area (Å²) < 4.78 is 32.5. The van der Waals surface area contributed by atoms with Crippen molar-refractivity contribution in [3.63, 3.8) is 0 Å². The summed E-state index contributed by atoms with van der Waals surface area (Å²) in [6.45, 7) is 3.78. The molecule has 0 aliphatic carbocycles. The summed E-state index contributed by atoms with van der Waals surface area (Å²) in [6.07, 6.45) is 0. The van der Waals surface area contributed by atoms with E-state index in [9.17, 15) is 8.42 Å². The van der Waals surface area contributed by atoms with Gasteiger partial charge in [0.1, 0.15) is 10.6 Å². The predicted molar refractivity (Wildman–Crippen MR) is 79.7 cm³/mol. The van der Waals surface area contributed by atoms with Crippen LogP contribution in [0.1, 0.15) is 11.1 Å². The maximum Gasteiger partial charge on any atom is 0.265 e. The number of benzene rings is 2. The van der Waals surface area contributed by atoms with Crippen molar-refractivity contribution in [2.24, 2.45) is 0 Å². The monoisotopic (exact) mass is 291 g/mol. The number of nitrogens with one attached hydrogen (secondary N) is 1. The zero-order valence-corrected chi connectivity index (χ0v) is 12.5. The number of ether oxygens (including phenoxy) is 1. The van der Waals surface area contributed by atoms with Crippen LogP contribution >= 0.6 is 0 Å². The van der Waals surface area contributed by atoms with Gasteiger partial charge in [0.2, 0.25) is 0 Å². The first-order chi connectivity index (χ1) is 9.42. The molecule has 1 N–H and O–H groups in total. The Morgan fingerprint density at radius 3 is 2.15 bits per heavy atom. The molecule has 0 saturated heterocycles. The molecule has 106 valence electrons. The van der Waals surface area contributed by atoms with Crippen LogP contribution in [-0.4, -0.2) is 15.5 Å². The molecule has 0 bridgehead atoms. The SMILES string of the molecule is COc1ccc(C)cc1S(=O)(=O)Nc1ccc(C)cc1. The molecule has 0 heterocycles. The fourth-order valence-corrected chi connectivity index (χ4v) is 3.14. The summed E-state index contributed by atoms with van der Waals surface area (Å²) in [4.78, 5) is 0.139. The van der Waals surface area contributed by atoms with Crippen LogP contribution in [0.4, 0.5) is 5.69 Å². The van der Waals surface area contributed by atoms with E-state index in [0.717, 1.165) is 11.1 Å². The highest BCUT2D eigenvalue weighted by atomic mass is 32.2. The lowest BCUT2D eigenvalue weighted by molar-refractivity contribution is 0.402. The summed E-state index contributed by atoms with van der Waals surface area (Å²) in [5.74, 6) is 0.329. The lowest BCUT2D eigenvalue weighted by Gasteiger charge is -2.12. The van der Waals surface area contributed by atoms with Crippen molar-refractivity contribution in [1.29, 1.82) is 0 Å². The van der Waals surface area contributed by atoms with E-state index in [1.807, 2.05) is 32.0 Å². The summed E-state index contributed by atoms with van der Waals surface area (Å²) in [5.41, 5.74) is 2.45. The molecule has 0 fully saturated rings. The van der Waals surface area contributed by atoms with Gasteiger partial charge in [-0.2, -0.15) is 0 Å². The molecule has 2 aromatic carbocycles. The number of hydrogen-bond donors (Lipinski definition) is 1. The number of anilines is 1. The number of aryl methyl sites for hydroxylation is 2. The van der Waals surface area contributed by atoms with Crippen molar-refractivity contribution in [1.82, 2.24) is 0 Å². The average molecular weight is 291 g/mol. The van der Waals surface area contributed by atoms with Crippen LogP contribution in [0.15, 0.2) is 47.4 Å². The molecule has 0 amide bonds. The lowest BCUT2D eigenvalue weighted by atomic mass is 10.2. The predicted octanol–water partition coefficient (Wildman–Crippen LogP) is 3.11. The smallest absolute Gasteiger partial charge is 0.265 e. The zero-order chi connectivity index (χ0) is 14.8. The minimum atomic E-state index is -3.67. The first-order valence-corrected chi connectivity index (χ1v) is 7.65. The summed E-state index contributed by atoms with van der Waals surface area (Å²) in [5, 5.41) is 0. The van der Waals surface area contributed by atoms with E-state index in [1.165, 1.54) is 7.11 Å². The first-order valence-electron chi connectivity index (χ1n) is 6.16. The van der Waals surface area contributed by atoms with E-state index in [2.05, 4.69) is 4.72 Å². The van der Waals surface area contributed by atoms with Gasteiger partial charge >= 0.3 is 0 Å². The molecule has 0 saturated carbocycles. The van der Waals surface area contributed by atoms with Crippen molar-refractivity contribution in [3.8, 4) is 5.75 Å². The van der Waals surface area contributed by atoms with Crippen LogP contribution in [-0.2, 0) is 10.0 Å². The van der Waals surface area contributed by atoms with Crippen molar-refractivity contribution >= 4 is 15.7 Å². The molecule has 0 spiro atoms. The second kappa shape index (κ2) is 5.54. The van der Waals surface area contributed by atoms with Crippen molar-refractivity contribution in [2.45, 2.75) is 18.7 Å². The topological polar surface area (TPSA) is 55.4 Å². The van der Waals surface area contributed by atoms with Gasteiger partial charge in [-0.15, -0.1) is 0 Å². The van der Waals surface area contributed by atoms with Crippen molar-refractivity contribution < 1.29 is 13.2 Å². The van der Waals surface area contributed by atoms with Crippen LogP contribution in [0.25, 0.3) is 0 Å². The van der Waals surface area contributed by atoms with E-state index in [4.69, 9.17) is 4.74 Å². The van der Waals surface area contributed by atoms with Crippen LogP contribution < -0.4 is 9.46 Å². The van der Waals surface area contributed by atoms with Crippen molar-refractivity contribution in [2.75, 3.05) is 11.8 Å². The van der Waals surface area contributed by atoms with Gasteiger partial charge in [0.05, 0.1) is 7.11 Å². The fourth-order valence-electron chi connectivity index (χ4n) is 1.83. The number of methoxy groups -OCH3 is 1. The molecule has 0 aromatic heterocycles. The fraction of sp³-hybridized carbons (Fsp3) is 0.200. The second-order valence-corrected chi connectivity index (χ2v) is 6.28. The molecular weight excluding hydrogens is 274 g/mol.